The molecule has 1 aromatic carbocycles. The van der Waals surface area contributed by atoms with Crippen molar-refractivity contribution in [2.24, 2.45) is 0 Å². The van der Waals surface area contributed by atoms with Gasteiger partial charge in [-0.2, -0.15) is 0 Å². The van der Waals surface area contributed by atoms with E-state index < -0.39 is 10.0 Å². The molecule has 0 heterocycles. The molecule has 0 spiro atoms. The van der Waals surface area contributed by atoms with Crippen LogP contribution in [0.3, 0.4) is 0 Å². The molecule has 16 heavy (non-hydrogen) atoms. The second-order valence-electron chi connectivity index (χ2n) is 3.47. The number of benzene rings is 1. The van der Waals surface area contributed by atoms with Crippen molar-refractivity contribution >= 4 is 15.7 Å². The smallest absolute Gasteiger partial charge is 0.256 e. The van der Waals surface area contributed by atoms with E-state index in [1.165, 1.54) is 4.31 Å². The van der Waals surface area contributed by atoms with Gasteiger partial charge in [-0.1, -0.05) is 38.1 Å². The largest absolute Gasteiger partial charge is 0.267 e. The molecule has 0 saturated heterocycles. The first-order chi connectivity index (χ1) is 7.61. The first kappa shape index (κ1) is 12.8. The van der Waals surface area contributed by atoms with Crippen LogP contribution in [0.4, 0.5) is 5.69 Å². The van der Waals surface area contributed by atoms with Gasteiger partial charge in [0.2, 0.25) is 0 Å². The van der Waals surface area contributed by atoms with Crippen molar-refractivity contribution in [3.05, 3.63) is 42.3 Å². The van der Waals surface area contributed by atoms with Gasteiger partial charge in [0.25, 0.3) is 10.0 Å². The topological polar surface area (TPSA) is 37.4 Å². The first-order valence-electron chi connectivity index (χ1n) is 5.32. The summed E-state index contributed by atoms with van der Waals surface area (Å²) >= 11 is 0. The molecule has 0 saturated carbocycles. The van der Waals surface area contributed by atoms with Crippen molar-refractivity contribution in [3.63, 3.8) is 0 Å². The molecule has 0 fully saturated rings. The molecule has 0 atom stereocenters. The summed E-state index contributed by atoms with van der Waals surface area (Å²) in [5.41, 5.74) is 0.691. The third-order valence-corrected chi connectivity index (χ3v) is 3.71. The van der Waals surface area contributed by atoms with Crippen LogP contribution in [-0.4, -0.2) is 15.0 Å². The molecule has 0 amide bonds. The zero-order valence-corrected chi connectivity index (χ0v) is 10.3. The summed E-state index contributed by atoms with van der Waals surface area (Å²) < 4.78 is 25.0. The number of unbranched alkanes of at least 4 members (excludes halogenated alkanes) is 1. The summed E-state index contributed by atoms with van der Waals surface area (Å²) in [6.45, 7) is 5.88. The number of para-hydroxylation sites is 1. The van der Waals surface area contributed by atoms with Crippen LogP contribution in [0, 0.1) is 0 Å². The fraction of sp³-hybridized carbons (Fsp3) is 0.333. The molecule has 1 rings (SSSR count). The van der Waals surface area contributed by atoms with E-state index in [0.29, 0.717) is 12.2 Å². The standard InChI is InChI=1S/C12H17NO2S/c1-3-5-11-13(16(14,15)4-2)12-9-7-6-8-10-12/h4,6-10H,2-3,5,11H2,1H3. The maximum absolute atomic E-state index is 11.8. The molecule has 88 valence electrons. The fourth-order valence-corrected chi connectivity index (χ4v) is 2.37. The van der Waals surface area contributed by atoms with Crippen molar-refractivity contribution in [2.75, 3.05) is 10.8 Å². The SMILES string of the molecule is C=CS(=O)(=O)N(CCCC)c1ccccc1. The summed E-state index contributed by atoms with van der Waals surface area (Å²) in [6.07, 6.45) is 1.79. The summed E-state index contributed by atoms with van der Waals surface area (Å²) in [4.78, 5) is 0. The Hall–Kier alpha value is -1.29. The number of nitrogens with zero attached hydrogens (tertiary/aromatic N) is 1. The van der Waals surface area contributed by atoms with Crippen molar-refractivity contribution < 1.29 is 8.42 Å². The lowest BCUT2D eigenvalue weighted by molar-refractivity contribution is 0.597. The Kier molecular flexibility index (Phi) is 4.55. The highest BCUT2D eigenvalue weighted by Crippen LogP contribution is 2.18. The van der Waals surface area contributed by atoms with Gasteiger partial charge in [-0.05, 0) is 18.6 Å². The summed E-state index contributed by atoms with van der Waals surface area (Å²) in [6, 6.07) is 9.09. The Morgan fingerprint density at radius 2 is 1.94 bits per heavy atom. The van der Waals surface area contributed by atoms with E-state index in [1.807, 2.05) is 25.1 Å². The minimum Gasteiger partial charge on any atom is -0.267 e. The van der Waals surface area contributed by atoms with Gasteiger partial charge < -0.3 is 0 Å². The Labute approximate surface area is 97.5 Å². The average Bonchev–Trinajstić information content (AvgIpc) is 2.31. The summed E-state index contributed by atoms with van der Waals surface area (Å²) in [7, 11) is -3.39. The van der Waals surface area contributed by atoms with Gasteiger partial charge in [0.1, 0.15) is 0 Å². The van der Waals surface area contributed by atoms with E-state index >= 15 is 0 Å². The maximum atomic E-state index is 11.8. The Morgan fingerprint density at radius 3 is 2.44 bits per heavy atom. The second-order valence-corrected chi connectivity index (χ2v) is 5.28. The van der Waals surface area contributed by atoms with E-state index in [0.717, 1.165) is 18.2 Å². The van der Waals surface area contributed by atoms with Crippen LogP contribution in [0.2, 0.25) is 0 Å². The van der Waals surface area contributed by atoms with Crippen molar-refractivity contribution in [1.29, 1.82) is 0 Å². The van der Waals surface area contributed by atoms with Gasteiger partial charge in [0, 0.05) is 12.0 Å². The highest BCUT2D eigenvalue weighted by molar-refractivity contribution is 7.95. The predicted octanol–water partition coefficient (Wildman–Crippen LogP) is 2.77. The van der Waals surface area contributed by atoms with Crippen LogP contribution in [0.1, 0.15) is 19.8 Å². The van der Waals surface area contributed by atoms with Gasteiger partial charge in [0.05, 0.1) is 5.69 Å². The van der Waals surface area contributed by atoms with Crippen molar-refractivity contribution in [2.45, 2.75) is 19.8 Å². The molecular weight excluding hydrogens is 222 g/mol. The Morgan fingerprint density at radius 1 is 1.31 bits per heavy atom. The number of hydrogen-bond acceptors (Lipinski definition) is 2. The molecule has 0 unspecified atom stereocenters. The number of anilines is 1. The second kappa shape index (κ2) is 5.70. The van der Waals surface area contributed by atoms with E-state index in [9.17, 15) is 8.42 Å². The highest BCUT2D eigenvalue weighted by Gasteiger charge is 2.17. The number of rotatable bonds is 6. The zero-order valence-electron chi connectivity index (χ0n) is 9.46. The molecular formula is C12H17NO2S. The third kappa shape index (κ3) is 3.10. The highest BCUT2D eigenvalue weighted by atomic mass is 32.2. The van der Waals surface area contributed by atoms with Crippen molar-refractivity contribution in [1.82, 2.24) is 0 Å². The van der Waals surface area contributed by atoms with Crippen molar-refractivity contribution in [3.8, 4) is 0 Å². The lowest BCUT2D eigenvalue weighted by Crippen LogP contribution is -2.29. The van der Waals surface area contributed by atoms with E-state index in [2.05, 4.69) is 6.58 Å². The average molecular weight is 239 g/mol. The molecule has 4 heteroatoms. The summed E-state index contributed by atoms with van der Waals surface area (Å²) in [5, 5.41) is 0.996. The van der Waals surface area contributed by atoms with Gasteiger partial charge in [-0.25, -0.2) is 8.42 Å². The van der Waals surface area contributed by atoms with Gasteiger partial charge in [-0.15, -0.1) is 0 Å². The molecule has 0 aliphatic rings. The maximum Gasteiger partial charge on any atom is 0.256 e. The lowest BCUT2D eigenvalue weighted by atomic mass is 10.3. The third-order valence-electron chi connectivity index (χ3n) is 2.28. The monoisotopic (exact) mass is 239 g/mol. The van der Waals surface area contributed by atoms with Gasteiger partial charge >= 0.3 is 0 Å². The molecule has 0 aliphatic heterocycles. The van der Waals surface area contributed by atoms with E-state index in [-0.39, 0.29) is 0 Å². The first-order valence-corrected chi connectivity index (χ1v) is 6.82. The Bertz CT molecular complexity index is 426. The van der Waals surface area contributed by atoms with E-state index in [1.54, 1.807) is 12.1 Å². The Balaban J connectivity index is 3.02. The molecule has 0 bridgehead atoms. The summed E-state index contributed by atoms with van der Waals surface area (Å²) in [5.74, 6) is 0. The van der Waals surface area contributed by atoms with Crippen LogP contribution in [-0.2, 0) is 10.0 Å². The molecule has 3 nitrogen and oxygen atoms in total. The number of hydrogen-bond donors (Lipinski definition) is 0. The van der Waals surface area contributed by atoms with Crippen LogP contribution >= 0.6 is 0 Å². The minimum atomic E-state index is -3.39. The van der Waals surface area contributed by atoms with Crippen LogP contribution in [0.15, 0.2) is 42.3 Å². The van der Waals surface area contributed by atoms with Crippen LogP contribution in [0.5, 0.6) is 0 Å². The van der Waals surface area contributed by atoms with Gasteiger partial charge in [-0.3, -0.25) is 4.31 Å². The predicted molar refractivity (Wildman–Crippen MR) is 67.8 cm³/mol. The minimum absolute atomic E-state index is 0.495. The molecule has 1 aromatic rings. The van der Waals surface area contributed by atoms with Gasteiger partial charge in [0.15, 0.2) is 0 Å². The van der Waals surface area contributed by atoms with E-state index in [4.69, 9.17) is 0 Å². The van der Waals surface area contributed by atoms with Crippen LogP contribution in [0.25, 0.3) is 0 Å². The molecule has 0 aliphatic carbocycles. The molecule has 0 radical (unpaired) electrons. The quantitative estimate of drug-likeness (QED) is 0.765. The fourth-order valence-electron chi connectivity index (χ4n) is 1.39. The lowest BCUT2D eigenvalue weighted by Gasteiger charge is -2.22. The molecule has 0 aromatic heterocycles. The van der Waals surface area contributed by atoms with Crippen LogP contribution < -0.4 is 4.31 Å². The molecule has 0 N–H and O–H groups in total. The normalized spacial score (nSPS) is 11.1. The number of sulfonamides is 1. The zero-order chi connectivity index (χ0) is 12.0.